The third-order valence-corrected chi connectivity index (χ3v) is 4.20. The number of carbonyl (C=O) groups is 1. The third-order valence-electron chi connectivity index (χ3n) is 1.41. The molecule has 6 nitrogen and oxygen atoms in total. The van der Waals surface area contributed by atoms with Crippen LogP contribution >= 0.6 is 11.3 Å². The fourth-order valence-corrected chi connectivity index (χ4v) is 3.00. The van der Waals surface area contributed by atoms with Crippen LogP contribution in [0.25, 0.3) is 0 Å². The number of carboxylic acid groups (broad SMARTS) is 1. The molecule has 90 valence electrons. The number of aromatic carboxylic acids is 1. The standard InChI is InChI=1S/C6H6F2N2O4S2/c7-3(8)1-10-16(13,14)6-4(5(11)12)9-2-15-6/h2-3,10H,1H2,(H,11,12). The SMILES string of the molecule is O=C(O)c1ncsc1S(=O)(=O)NCC(F)F. The number of hydrogen-bond donors (Lipinski definition) is 2. The van der Waals surface area contributed by atoms with E-state index < -0.39 is 38.9 Å². The number of sulfonamides is 1. The lowest BCUT2D eigenvalue weighted by molar-refractivity contribution is 0.0687. The molecule has 10 heteroatoms. The average molecular weight is 272 g/mol. The molecule has 1 heterocycles. The van der Waals surface area contributed by atoms with Crippen molar-refractivity contribution in [1.29, 1.82) is 0 Å². The molecule has 0 spiro atoms. The quantitative estimate of drug-likeness (QED) is 0.808. The van der Waals surface area contributed by atoms with Crippen LogP contribution in [0.3, 0.4) is 0 Å². The van der Waals surface area contributed by atoms with Crippen LogP contribution in [-0.2, 0) is 10.0 Å². The Balaban J connectivity index is 2.99. The molecule has 16 heavy (non-hydrogen) atoms. The summed E-state index contributed by atoms with van der Waals surface area (Å²) < 4.78 is 47.4. The molecular formula is C6H6F2N2O4S2. The van der Waals surface area contributed by atoms with Crippen molar-refractivity contribution in [2.75, 3.05) is 6.54 Å². The van der Waals surface area contributed by atoms with Crippen LogP contribution in [0.1, 0.15) is 10.5 Å². The van der Waals surface area contributed by atoms with Gasteiger partial charge in [-0.25, -0.2) is 31.7 Å². The van der Waals surface area contributed by atoms with Gasteiger partial charge in [0.05, 0.1) is 12.1 Å². The minimum atomic E-state index is -4.24. The summed E-state index contributed by atoms with van der Waals surface area (Å²) in [5.41, 5.74) is 0.340. The minimum Gasteiger partial charge on any atom is -0.476 e. The van der Waals surface area contributed by atoms with E-state index in [1.54, 1.807) is 4.72 Å². The Hall–Kier alpha value is -1.13. The first-order chi connectivity index (χ1) is 7.34. The molecule has 0 saturated carbocycles. The number of aromatic nitrogens is 1. The zero-order valence-electron chi connectivity index (χ0n) is 7.55. The van der Waals surface area contributed by atoms with Crippen molar-refractivity contribution < 1.29 is 27.1 Å². The van der Waals surface area contributed by atoms with Gasteiger partial charge in [-0.2, -0.15) is 0 Å². The molecule has 0 saturated heterocycles. The largest absolute Gasteiger partial charge is 0.476 e. The highest BCUT2D eigenvalue weighted by molar-refractivity contribution is 7.91. The number of thiazole rings is 1. The number of rotatable bonds is 5. The maximum Gasteiger partial charge on any atom is 0.356 e. The van der Waals surface area contributed by atoms with E-state index in [-0.39, 0.29) is 0 Å². The first kappa shape index (κ1) is 12.9. The highest BCUT2D eigenvalue weighted by atomic mass is 32.2. The van der Waals surface area contributed by atoms with Crippen LogP contribution in [0, 0.1) is 0 Å². The van der Waals surface area contributed by atoms with Crippen LogP contribution < -0.4 is 4.72 Å². The third kappa shape index (κ3) is 2.93. The summed E-state index contributed by atoms with van der Waals surface area (Å²) in [5, 5.41) is 8.60. The van der Waals surface area contributed by atoms with Gasteiger partial charge in [0.1, 0.15) is 0 Å². The Morgan fingerprint density at radius 2 is 2.25 bits per heavy atom. The maximum atomic E-state index is 11.8. The smallest absolute Gasteiger partial charge is 0.356 e. The molecule has 1 aromatic heterocycles. The van der Waals surface area contributed by atoms with E-state index in [1.165, 1.54) is 0 Å². The van der Waals surface area contributed by atoms with Crippen molar-refractivity contribution in [2.24, 2.45) is 0 Å². The second kappa shape index (κ2) is 4.80. The summed E-state index contributed by atoms with van der Waals surface area (Å²) in [7, 11) is -4.24. The van der Waals surface area contributed by atoms with Gasteiger partial charge in [0.2, 0.25) is 0 Å². The van der Waals surface area contributed by atoms with Gasteiger partial charge < -0.3 is 5.11 Å². The molecule has 0 bridgehead atoms. The number of hydrogen-bond acceptors (Lipinski definition) is 5. The molecule has 0 amide bonds. The first-order valence-corrected chi connectivity index (χ1v) is 6.15. The van der Waals surface area contributed by atoms with E-state index in [1.807, 2.05) is 0 Å². The first-order valence-electron chi connectivity index (χ1n) is 3.79. The summed E-state index contributed by atoms with van der Waals surface area (Å²) in [4.78, 5) is 13.9. The topological polar surface area (TPSA) is 96.4 Å². The lowest BCUT2D eigenvalue weighted by atomic mass is 10.5. The van der Waals surface area contributed by atoms with E-state index in [0.717, 1.165) is 5.51 Å². The summed E-state index contributed by atoms with van der Waals surface area (Å²) >= 11 is 0.549. The van der Waals surface area contributed by atoms with Crippen molar-refractivity contribution in [3.05, 3.63) is 11.2 Å². The monoisotopic (exact) mass is 272 g/mol. The van der Waals surface area contributed by atoms with Crippen LogP contribution in [0.5, 0.6) is 0 Å². The van der Waals surface area contributed by atoms with Gasteiger partial charge in [0.25, 0.3) is 16.4 Å². The predicted octanol–water partition coefficient (Wildman–Crippen LogP) is 0.385. The fraction of sp³-hybridized carbons (Fsp3) is 0.333. The van der Waals surface area contributed by atoms with Gasteiger partial charge in [-0.05, 0) is 0 Å². The molecule has 0 unspecified atom stereocenters. The van der Waals surface area contributed by atoms with E-state index in [0.29, 0.717) is 11.3 Å². The minimum absolute atomic E-state index is 0.549. The van der Waals surface area contributed by atoms with Gasteiger partial charge in [0, 0.05) is 0 Å². The number of carboxylic acids is 1. The Kier molecular flexibility index (Phi) is 3.88. The maximum absolute atomic E-state index is 11.8. The van der Waals surface area contributed by atoms with Gasteiger partial charge >= 0.3 is 5.97 Å². The van der Waals surface area contributed by atoms with Crippen LogP contribution in [-0.4, -0.2) is 37.4 Å². The molecule has 0 fully saturated rings. The zero-order valence-corrected chi connectivity index (χ0v) is 9.19. The Morgan fingerprint density at radius 3 is 2.75 bits per heavy atom. The lowest BCUT2D eigenvalue weighted by Gasteiger charge is -2.03. The Morgan fingerprint density at radius 1 is 1.62 bits per heavy atom. The molecule has 1 aromatic rings. The predicted molar refractivity (Wildman–Crippen MR) is 50.3 cm³/mol. The van der Waals surface area contributed by atoms with Crippen LogP contribution in [0.2, 0.25) is 0 Å². The molecule has 2 N–H and O–H groups in total. The fourth-order valence-electron chi connectivity index (χ4n) is 0.807. The van der Waals surface area contributed by atoms with E-state index >= 15 is 0 Å². The van der Waals surface area contributed by atoms with E-state index in [4.69, 9.17) is 5.11 Å². The van der Waals surface area contributed by atoms with Gasteiger partial charge in [-0.15, -0.1) is 11.3 Å². The van der Waals surface area contributed by atoms with E-state index in [2.05, 4.69) is 4.98 Å². The van der Waals surface area contributed by atoms with Crippen molar-refractivity contribution >= 4 is 27.3 Å². The van der Waals surface area contributed by atoms with Gasteiger partial charge in [-0.3, -0.25) is 0 Å². The van der Waals surface area contributed by atoms with Crippen LogP contribution in [0.15, 0.2) is 9.72 Å². The second-order valence-electron chi connectivity index (χ2n) is 2.54. The highest BCUT2D eigenvalue weighted by Gasteiger charge is 2.26. The molecule has 0 aliphatic heterocycles. The summed E-state index contributed by atoms with van der Waals surface area (Å²) in [6.07, 6.45) is -2.85. The number of nitrogens with one attached hydrogen (secondary N) is 1. The molecular weight excluding hydrogens is 266 g/mol. The molecule has 0 aliphatic carbocycles. The Labute approximate surface area is 93.0 Å². The average Bonchev–Trinajstić information content (AvgIpc) is 2.63. The number of alkyl halides is 2. The highest BCUT2D eigenvalue weighted by Crippen LogP contribution is 2.19. The molecule has 0 radical (unpaired) electrons. The zero-order chi connectivity index (χ0) is 12.3. The Bertz CT molecular complexity index is 484. The molecule has 0 aromatic carbocycles. The summed E-state index contributed by atoms with van der Waals surface area (Å²) in [6.45, 7) is -1.07. The van der Waals surface area contributed by atoms with Crippen molar-refractivity contribution in [3.8, 4) is 0 Å². The van der Waals surface area contributed by atoms with Gasteiger partial charge in [0.15, 0.2) is 9.90 Å². The number of nitrogens with zero attached hydrogens (tertiary/aromatic N) is 1. The van der Waals surface area contributed by atoms with Crippen molar-refractivity contribution in [2.45, 2.75) is 10.6 Å². The second-order valence-corrected chi connectivity index (χ2v) is 5.35. The molecule has 1 rings (SSSR count). The van der Waals surface area contributed by atoms with Crippen LogP contribution in [0.4, 0.5) is 8.78 Å². The number of halogens is 2. The molecule has 0 aliphatic rings. The van der Waals surface area contributed by atoms with Crippen molar-refractivity contribution in [3.63, 3.8) is 0 Å². The van der Waals surface area contributed by atoms with Gasteiger partial charge in [-0.1, -0.05) is 0 Å². The lowest BCUT2D eigenvalue weighted by Crippen LogP contribution is -2.29. The van der Waals surface area contributed by atoms with E-state index in [9.17, 15) is 22.0 Å². The summed E-state index contributed by atoms with van der Waals surface area (Å²) in [6, 6.07) is 0. The normalized spacial score (nSPS) is 11.9. The van der Waals surface area contributed by atoms with Crippen molar-refractivity contribution in [1.82, 2.24) is 9.71 Å². The summed E-state index contributed by atoms with van der Waals surface area (Å²) in [5.74, 6) is -1.53. The molecule has 0 atom stereocenters.